The molecule has 3 N–H and O–H groups in total. The number of nitrogens with one attached hydrogen (secondary N) is 1. The van der Waals surface area contributed by atoms with Gasteiger partial charge in [0.2, 0.25) is 15.9 Å². The molecule has 140 valence electrons. The summed E-state index contributed by atoms with van der Waals surface area (Å²) < 4.78 is 22.5. The molecule has 0 aromatic heterocycles. The van der Waals surface area contributed by atoms with Crippen molar-refractivity contribution in [1.29, 1.82) is 0 Å². The quantitative estimate of drug-likeness (QED) is 0.756. The van der Waals surface area contributed by atoms with E-state index in [1.807, 2.05) is 26.0 Å². The van der Waals surface area contributed by atoms with Crippen LogP contribution < -0.4 is 10.5 Å². The van der Waals surface area contributed by atoms with E-state index < -0.39 is 10.0 Å². The van der Waals surface area contributed by atoms with Gasteiger partial charge in [-0.05, 0) is 47.7 Å². The van der Waals surface area contributed by atoms with Gasteiger partial charge in [-0.3, -0.25) is 4.79 Å². The molecule has 0 aliphatic heterocycles. The van der Waals surface area contributed by atoms with Crippen molar-refractivity contribution in [1.82, 2.24) is 5.32 Å². The molecule has 2 aromatic rings. The van der Waals surface area contributed by atoms with Gasteiger partial charge in [-0.2, -0.15) is 0 Å². The Bertz CT molecular complexity index is 847. The van der Waals surface area contributed by atoms with E-state index in [1.54, 1.807) is 24.3 Å². The van der Waals surface area contributed by atoms with Gasteiger partial charge in [0.1, 0.15) is 0 Å². The van der Waals surface area contributed by atoms with Crippen LogP contribution in [0.3, 0.4) is 0 Å². The number of carbonyl (C=O) groups is 1. The van der Waals surface area contributed by atoms with E-state index in [0.717, 1.165) is 11.1 Å². The molecule has 1 amide bonds. The van der Waals surface area contributed by atoms with E-state index in [2.05, 4.69) is 5.32 Å². The summed E-state index contributed by atoms with van der Waals surface area (Å²) in [5, 5.41) is 8.67. The van der Waals surface area contributed by atoms with Crippen molar-refractivity contribution in [3.8, 4) is 0 Å². The second-order valence-electron chi connectivity index (χ2n) is 6.50. The average molecular weight is 395 g/mol. The van der Waals surface area contributed by atoms with Gasteiger partial charge in [-0.15, -0.1) is 0 Å². The third-order valence-corrected chi connectivity index (χ3v) is 5.32. The summed E-state index contributed by atoms with van der Waals surface area (Å²) in [6, 6.07) is 13.7. The van der Waals surface area contributed by atoms with E-state index >= 15 is 0 Å². The predicted octanol–water partition coefficient (Wildman–Crippen LogP) is 3.09. The number of nitrogens with two attached hydrogens (primary N) is 1. The maximum atomic E-state index is 12.6. The summed E-state index contributed by atoms with van der Waals surface area (Å²) in [6.45, 7) is 4.47. The molecular weight excluding hydrogens is 372 g/mol. The first kappa shape index (κ1) is 20.4. The molecule has 2 rings (SSSR count). The van der Waals surface area contributed by atoms with Gasteiger partial charge in [-0.25, -0.2) is 13.6 Å². The standard InChI is InChI=1S/C19H23ClN2O3S/c1-13(2)18(15-5-7-16(20)8-6-15)19(23)22-12-11-14-3-9-17(10-4-14)26(21,24)25/h3-10,13,18H,11-12H2,1-2H3,(H,22,23)(H2,21,24,25). The number of hydrogen-bond donors (Lipinski definition) is 2. The number of rotatable bonds is 7. The molecule has 7 heteroatoms. The zero-order chi connectivity index (χ0) is 19.3. The van der Waals surface area contributed by atoms with Crippen molar-refractivity contribution in [2.75, 3.05) is 6.54 Å². The summed E-state index contributed by atoms with van der Waals surface area (Å²) in [7, 11) is -3.69. The lowest BCUT2D eigenvalue weighted by Crippen LogP contribution is -2.33. The maximum Gasteiger partial charge on any atom is 0.238 e. The molecule has 0 bridgehead atoms. The molecule has 0 radical (unpaired) electrons. The summed E-state index contributed by atoms with van der Waals surface area (Å²) in [4.78, 5) is 12.7. The van der Waals surface area contributed by atoms with Gasteiger partial charge in [0, 0.05) is 11.6 Å². The van der Waals surface area contributed by atoms with Crippen LogP contribution in [0.1, 0.15) is 30.9 Å². The van der Waals surface area contributed by atoms with Gasteiger partial charge in [-0.1, -0.05) is 49.7 Å². The van der Waals surface area contributed by atoms with Gasteiger partial charge in [0.05, 0.1) is 10.8 Å². The second-order valence-corrected chi connectivity index (χ2v) is 8.50. The van der Waals surface area contributed by atoms with E-state index in [0.29, 0.717) is 18.0 Å². The first-order chi connectivity index (χ1) is 12.2. The summed E-state index contributed by atoms with van der Waals surface area (Å²) in [5.41, 5.74) is 1.85. The molecule has 0 fully saturated rings. The molecular formula is C19H23ClN2O3S. The highest BCUT2D eigenvalue weighted by Gasteiger charge is 2.23. The Balaban J connectivity index is 1.97. The van der Waals surface area contributed by atoms with Crippen molar-refractivity contribution < 1.29 is 13.2 Å². The minimum absolute atomic E-state index is 0.0384. The summed E-state index contributed by atoms with van der Waals surface area (Å²) >= 11 is 5.92. The number of hydrogen-bond acceptors (Lipinski definition) is 3. The molecule has 5 nitrogen and oxygen atoms in total. The van der Waals surface area contributed by atoms with Crippen LogP contribution in [-0.2, 0) is 21.2 Å². The molecule has 2 aromatic carbocycles. The summed E-state index contributed by atoms with van der Waals surface area (Å²) in [6.07, 6.45) is 0.599. The molecule has 0 aliphatic carbocycles. The fraction of sp³-hybridized carbons (Fsp3) is 0.316. The monoisotopic (exact) mass is 394 g/mol. The average Bonchev–Trinajstić information content (AvgIpc) is 2.56. The van der Waals surface area contributed by atoms with Crippen molar-refractivity contribution >= 4 is 27.5 Å². The summed E-state index contributed by atoms with van der Waals surface area (Å²) in [5.74, 6) is -0.147. The highest BCUT2D eigenvalue weighted by atomic mass is 35.5. The fourth-order valence-corrected chi connectivity index (χ4v) is 3.44. The number of primary sulfonamides is 1. The van der Waals surface area contributed by atoms with Crippen molar-refractivity contribution in [3.05, 3.63) is 64.7 Å². The zero-order valence-corrected chi connectivity index (χ0v) is 16.3. The molecule has 0 saturated heterocycles. The van der Waals surface area contributed by atoms with E-state index in [-0.39, 0.29) is 22.6 Å². The van der Waals surface area contributed by atoms with Gasteiger partial charge < -0.3 is 5.32 Å². The van der Waals surface area contributed by atoms with Gasteiger partial charge in [0.15, 0.2) is 0 Å². The third-order valence-electron chi connectivity index (χ3n) is 4.14. The lowest BCUT2D eigenvalue weighted by atomic mass is 9.87. The van der Waals surface area contributed by atoms with Crippen molar-refractivity contribution in [2.24, 2.45) is 11.1 Å². The molecule has 1 unspecified atom stereocenters. The Hall–Kier alpha value is -1.89. The zero-order valence-electron chi connectivity index (χ0n) is 14.8. The van der Waals surface area contributed by atoms with Crippen LogP contribution in [0.2, 0.25) is 5.02 Å². The molecule has 0 spiro atoms. The van der Waals surface area contributed by atoms with Crippen LogP contribution >= 0.6 is 11.6 Å². The lowest BCUT2D eigenvalue weighted by molar-refractivity contribution is -0.123. The van der Waals surface area contributed by atoms with Crippen LogP contribution in [0.25, 0.3) is 0 Å². The van der Waals surface area contributed by atoms with Crippen LogP contribution in [0.5, 0.6) is 0 Å². The lowest BCUT2D eigenvalue weighted by Gasteiger charge is -2.21. The Morgan fingerprint density at radius 1 is 1.08 bits per heavy atom. The first-order valence-electron chi connectivity index (χ1n) is 8.33. The van der Waals surface area contributed by atoms with Crippen LogP contribution in [0.15, 0.2) is 53.4 Å². The minimum Gasteiger partial charge on any atom is -0.355 e. The highest BCUT2D eigenvalue weighted by molar-refractivity contribution is 7.89. The SMILES string of the molecule is CC(C)C(C(=O)NCCc1ccc(S(N)(=O)=O)cc1)c1ccc(Cl)cc1. The number of sulfonamides is 1. The number of carbonyl (C=O) groups excluding carboxylic acids is 1. The largest absolute Gasteiger partial charge is 0.355 e. The van der Waals surface area contributed by atoms with Gasteiger partial charge >= 0.3 is 0 Å². The first-order valence-corrected chi connectivity index (χ1v) is 10.3. The predicted molar refractivity (Wildman–Crippen MR) is 104 cm³/mol. The molecule has 26 heavy (non-hydrogen) atoms. The number of benzene rings is 2. The van der Waals surface area contributed by atoms with Crippen molar-refractivity contribution in [2.45, 2.75) is 31.1 Å². The molecule has 0 heterocycles. The third kappa shape index (κ3) is 5.56. The Morgan fingerprint density at radius 2 is 1.65 bits per heavy atom. The van der Waals surface area contributed by atoms with Crippen LogP contribution in [0.4, 0.5) is 0 Å². The molecule has 0 aliphatic rings. The van der Waals surface area contributed by atoms with Crippen LogP contribution in [0, 0.1) is 5.92 Å². The Morgan fingerprint density at radius 3 is 2.15 bits per heavy atom. The van der Waals surface area contributed by atoms with Gasteiger partial charge in [0.25, 0.3) is 0 Å². The van der Waals surface area contributed by atoms with E-state index in [1.165, 1.54) is 12.1 Å². The minimum atomic E-state index is -3.69. The van der Waals surface area contributed by atoms with Crippen molar-refractivity contribution in [3.63, 3.8) is 0 Å². The fourth-order valence-electron chi connectivity index (χ4n) is 2.79. The number of halogens is 1. The smallest absolute Gasteiger partial charge is 0.238 e. The van der Waals surface area contributed by atoms with E-state index in [4.69, 9.17) is 16.7 Å². The van der Waals surface area contributed by atoms with E-state index in [9.17, 15) is 13.2 Å². The highest BCUT2D eigenvalue weighted by Crippen LogP contribution is 2.26. The Kier molecular flexibility index (Phi) is 6.81. The maximum absolute atomic E-state index is 12.6. The Labute approximate surface area is 159 Å². The molecule has 0 saturated carbocycles. The second kappa shape index (κ2) is 8.66. The topological polar surface area (TPSA) is 89.3 Å². The molecule has 1 atom stereocenters. The number of amides is 1. The normalized spacial score (nSPS) is 12.8. The van der Waals surface area contributed by atoms with Crippen LogP contribution in [-0.4, -0.2) is 20.9 Å².